The van der Waals surface area contributed by atoms with Crippen LogP contribution >= 0.6 is 11.3 Å². The Balaban J connectivity index is 1.54. The molecule has 3 heterocycles. The lowest BCUT2D eigenvalue weighted by molar-refractivity contribution is 0.231. The second-order valence-corrected chi connectivity index (χ2v) is 6.22. The minimum atomic E-state index is 0.619. The van der Waals surface area contributed by atoms with Crippen LogP contribution in [-0.4, -0.2) is 41.7 Å². The highest BCUT2D eigenvalue weighted by molar-refractivity contribution is 7.08. The van der Waals surface area contributed by atoms with Crippen molar-refractivity contribution in [2.75, 3.05) is 26.7 Å². The highest BCUT2D eigenvalue weighted by Gasteiger charge is 2.17. The standard InChI is InChI=1S/C14H20N4OS/c1-18(8-11-3-2-5-15-7-11)9-13-16-14(19-17-13)12-4-6-20-10-12/h4,6,10-11,15H,2-3,5,7-9H2,1H3. The Kier molecular flexibility index (Phi) is 4.44. The molecule has 108 valence electrons. The van der Waals surface area contributed by atoms with Crippen molar-refractivity contribution >= 4 is 11.3 Å². The molecule has 6 heteroatoms. The predicted molar refractivity (Wildman–Crippen MR) is 79.5 cm³/mol. The van der Waals surface area contributed by atoms with E-state index in [1.807, 2.05) is 16.8 Å². The van der Waals surface area contributed by atoms with E-state index in [1.165, 1.54) is 12.8 Å². The Labute approximate surface area is 123 Å². The Morgan fingerprint density at radius 2 is 2.50 bits per heavy atom. The molecule has 0 radical (unpaired) electrons. The van der Waals surface area contributed by atoms with Gasteiger partial charge in [0.2, 0.25) is 0 Å². The van der Waals surface area contributed by atoms with E-state index in [9.17, 15) is 0 Å². The van der Waals surface area contributed by atoms with Gasteiger partial charge in [0.15, 0.2) is 5.82 Å². The summed E-state index contributed by atoms with van der Waals surface area (Å²) in [5.74, 6) is 2.11. The first kappa shape index (κ1) is 13.7. The summed E-state index contributed by atoms with van der Waals surface area (Å²) in [5, 5.41) is 11.6. The molecular weight excluding hydrogens is 272 g/mol. The molecule has 1 unspecified atom stereocenters. The Morgan fingerprint density at radius 3 is 3.25 bits per heavy atom. The fourth-order valence-corrected chi connectivity index (χ4v) is 3.28. The molecule has 0 amide bonds. The molecule has 1 aliphatic rings. The number of rotatable bonds is 5. The number of hydrogen-bond acceptors (Lipinski definition) is 6. The highest BCUT2D eigenvalue weighted by Crippen LogP contribution is 2.20. The summed E-state index contributed by atoms with van der Waals surface area (Å²) < 4.78 is 5.31. The van der Waals surface area contributed by atoms with Gasteiger partial charge in [0.25, 0.3) is 5.89 Å². The molecule has 1 N–H and O–H groups in total. The van der Waals surface area contributed by atoms with Crippen LogP contribution in [0.5, 0.6) is 0 Å². The van der Waals surface area contributed by atoms with E-state index in [0.29, 0.717) is 5.89 Å². The third-order valence-electron chi connectivity index (χ3n) is 3.62. The van der Waals surface area contributed by atoms with Gasteiger partial charge in [-0.2, -0.15) is 16.3 Å². The van der Waals surface area contributed by atoms with Crippen molar-refractivity contribution in [1.29, 1.82) is 0 Å². The van der Waals surface area contributed by atoms with Crippen LogP contribution in [0, 0.1) is 5.92 Å². The van der Waals surface area contributed by atoms with Crippen LogP contribution in [0.1, 0.15) is 18.7 Å². The highest BCUT2D eigenvalue weighted by atomic mass is 32.1. The maximum atomic E-state index is 5.31. The minimum Gasteiger partial charge on any atom is -0.334 e. The number of aromatic nitrogens is 2. The summed E-state index contributed by atoms with van der Waals surface area (Å²) in [4.78, 5) is 6.74. The molecular formula is C14H20N4OS. The van der Waals surface area contributed by atoms with Crippen molar-refractivity contribution in [1.82, 2.24) is 20.4 Å². The van der Waals surface area contributed by atoms with Gasteiger partial charge in [-0.05, 0) is 50.3 Å². The van der Waals surface area contributed by atoms with E-state index in [2.05, 4.69) is 27.4 Å². The van der Waals surface area contributed by atoms with Gasteiger partial charge >= 0.3 is 0 Å². The lowest BCUT2D eigenvalue weighted by Gasteiger charge is -2.26. The molecule has 2 aromatic rings. The lowest BCUT2D eigenvalue weighted by Crippen LogP contribution is -2.36. The summed E-state index contributed by atoms with van der Waals surface area (Å²) in [6.45, 7) is 4.10. The van der Waals surface area contributed by atoms with Crippen molar-refractivity contribution in [2.45, 2.75) is 19.4 Å². The number of piperidine rings is 1. The first-order valence-electron chi connectivity index (χ1n) is 7.05. The van der Waals surface area contributed by atoms with Crippen LogP contribution in [-0.2, 0) is 6.54 Å². The van der Waals surface area contributed by atoms with Crippen LogP contribution in [0.3, 0.4) is 0 Å². The Hall–Kier alpha value is -1.24. The summed E-state index contributed by atoms with van der Waals surface area (Å²) in [6.07, 6.45) is 2.59. The maximum absolute atomic E-state index is 5.31. The topological polar surface area (TPSA) is 54.2 Å². The average Bonchev–Trinajstić information content (AvgIpc) is 3.10. The van der Waals surface area contributed by atoms with Gasteiger partial charge in [-0.15, -0.1) is 0 Å². The van der Waals surface area contributed by atoms with Gasteiger partial charge in [-0.1, -0.05) is 5.16 Å². The maximum Gasteiger partial charge on any atom is 0.258 e. The summed E-state index contributed by atoms with van der Waals surface area (Å²) in [5.41, 5.74) is 1.01. The molecule has 2 aromatic heterocycles. The van der Waals surface area contributed by atoms with Crippen molar-refractivity contribution < 1.29 is 4.52 Å². The van der Waals surface area contributed by atoms with Gasteiger partial charge in [0.1, 0.15) is 0 Å². The van der Waals surface area contributed by atoms with Crippen LogP contribution < -0.4 is 5.32 Å². The Bertz CT molecular complexity index is 519. The average molecular weight is 292 g/mol. The molecule has 5 nitrogen and oxygen atoms in total. The van der Waals surface area contributed by atoms with Gasteiger partial charge in [-0.3, -0.25) is 4.90 Å². The molecule has 1 atom stereocenters. The van der Waals surface area contributed by atoms with E-state index >= 15 is 0 Å². The van der Waals surface area contributed by atoms with Gasteiger partial charge in [0.05, 0.1) is 12.1 Å². The second-order valence-electron chi connectivity index (χ2n) is 5.44. The van der Waals surface area contributed by atoms with Crippen LogP contribution in [0.15, 0.2) is 21.3 Å². The third-order valence-corrected chi connectivity index (χ3v) is 4.30. The summed E-state index contributed by atoms with van der Waals surface area (Å²) in [6, 6.07) is 2.00. The largest absolute Gasteiger partial charge is 0.334 e. The first-order valence-corrected chi connectivity index (χ1v) is 8.00. The van der Waals surface area contributed by atoms with Crippen LogP contribution in [0.25, 0.3) is 11.5 Å². The molecule has 0 spiro atoms. The molecule has 1 saturated heterocycles. The van der Waals surface area contributed by atoms with E-state index < -0.39 is 0 Å². The number of hydrogen-bond donors (Lipinski definition) is 1. The normalized spacial score (nSPS) is 19.6. The zero-order valence-electron chi connectivity index (χ0n) is 11.7. The molecule has 0 saturated carbocycles. The van der Waals surface area contributed by atoms with Crippen molar-refractivity contribution in [3.05, 3.63) is 22.7 Å². The first-order chi connectivity index (χ1) is 9.81. The predicted octanol–water partition coefficient (Wildman–Crippen LogP) is 2.23. The zero-order valence-corrected chi connectivity index (χ0v) is 12.5. The number of nitrogens with zero attached hydrogens (tertiary/aromatic N) is 3. The quantitative estimate of drug-likeness (QED) is 0.916. The van der Waals surface area contributed by atoms with Crippen LogP contribution in [0.4, 0.5) is 0 Å². The van der Waals surface area contributed by atoms with E-state index in [1.54, 1.807) is 11.3 Å². The molecule has 3 rings (SSSR count). The van der Waals surface area contributed by atoms with Crippen molar-refractivity contribution in [3.63, 3.8) is 0 Å². The van der Waals surface area contributed by atoms with E-state index in [0.717, 1.165) is 43.5 Å². The number of nitrogens with one attached hydrogen (secondary N) is 1. The Morgan fingerprint density at radius 1 is 1.55 bits per heavy atom. The lowest BCUT2D eigenvalue weighted by atomic mass is 9.99. The third kappa shape index (κ3) is 3.45. The molecule has 20 heavy (non-hydrogen) atoms. The molecule has 0 bridgehead atoms. The minimum absolute atomic E-state index is 0.619. The summed E-state index contributed by atoms with van der Waals surface area (Å²) >= 11 is 1.64. The summed E-state index contributed by atoms with van der Waals surface area (Å²) in [7, 11) is 2.12. The van der Waals surface area contributed by atoms with Gasteiger partial charge in [-0.25, -0.2) is 0 Å². The molecule has 0 aliphatic carbocycles. The SMILES string of the molecule is CN(Cc1noc(-c2ccsc2)n1)CC1CCCNC1. The van der Waals surface area contributed by atoms with Crippen LogP contribution in [0.2, 0.25) is 0 Å². The van der Waals surface area contributed by atoms with E-state index in [-0.39, 0.29) is 0 Å². The monoisotopic (exact) mass is 292 g/mol. The molecule has 1 fully saturated rings. The number of thiophene rings is 1. The van der Waals surface area contributed by atoms with Gasteiger partial charge in [0, 0.05) is 11.9 Å². The fourth-order valence-electron chi connectivity index (χ4n) is 2.65. The fraction of sp³-hybridized carbons (Fsp3) is 0.571. The van der Waals surface area contributed by atoms with Crippen molar-refractivity contribution in [3.8, 4) is 11.5 Å². The zero-order chi connectivity index (χ0) is 13.8. The molecule has 1 aliphatic heterocycles. The van der Waals surface area contributed by atoms with E-state index in [4.69, 9.17) is 4.52 Å². The molecule has 0 aromatic carbocycles. The smallest absolute Gasteiger partial charge is 0.258 e. The van der Waals surface area contributed by atoms with Crippen molar-refractivity contribution in [2.24, 2.45) is 5.92 Å². The second kappa shape index (κ2) is 6.47. The van der Waals surface area contributed by atoms with Gasteiger partial charge < -0.3 is 9.84 Å².